The summed E-state index contributed by atoms with van der Waals surface area (Å²) in [6, 6.07) is 16.6. The van der Waals surface area contributed by atoms with Gasteiger partial charge in [0.05, 0.1) is 7.11 Å². The number of para-hydroxylation sites is 1. The third-order valence-electron chi connectivity index (χ3n) is 5.85. The minimum absolute atomic E-state index is 0.748. The third kappa shape index (κ3) is 5.03. The number of hydrogen-bond donors (Lipinski definition) is 1. The molecule has 7 heteroatoms. The lowest BCUT2D eigenvalue weighted by molar-refractivity contribution is 0.414. The zero-order valence-corrected chi connectivity index (χ0v) is 19.5. The molecule has 0 radical (unpaired) electrons. The molecule has 4 aromatic rings. The molecular formula is C26H27N5OS. The molecule has 1 aliphatic rings. The van der Waals surface area contributed by atoms with Gasteiger partial charge in [-0.25, -0.2) is 0 Å². The van der Waals surface area contributed by atoms with Gasteiger partial charge < -0.3 is 14.3 Å². The van der Waals surface area contributed by atoms with E-state index in [4.69, 9.17) is 4.74 Å². The zero-order chi connectivity index (χ0) is 22.5. The van der Waals surface area contributed by atoms with E-state index in [9.17, 15) is 0 Å². The quantitative estimate of drug-likeness (QED) is 0.306. The molecule has 1 N–H and O–H groups in total. The normalized spacial score (nSPS) is 13.1. The van der Waals surface area contributed by atoms with Crippen molar-refractivity contribution in [1.82, 2.24) is 19.7 Å². The summed E-state index contributed by atoms with van der Waals surface area (Å²) in [6.07, 6.45) is 9.96. The highest BCUT2D eigenvalue weighted by Gasteiger charge is 2.15. The number of allylic oxidation sites excluding steroid dienone is 2. The smallest absolute Gasteiger partial charge is 0.191 e. The van der Waals surface area contributed by atoms with Gasteiger partial charge in [-0.1, -0.05) is 48.2 Å². The summed E-state index contributed by atoms with van der Waals surface area (Å²) < 4.78 is 7.65. The van der Waals surface area contributed by atoms with E-state index in [1.807, 2.05) is 18.3 Å². The second-order valence-corrected chi connectivity index (χ2v) is 9.02. The summed E-state index contributed by atoms with van der Waals surface area (Å²) in [7, 11) is 1.70. The van der Waals surface area contributed by atoms with Gasteiger partial charge in [0.2, 0.25) is 0 Å². The number of H-pyrrole nitrogens is 1. The molecule has 0 unspecified atom stereocenters. The van der Waals surface area contributed by atoms with Gasteiger partial charge in [-0.2, -0.15) is 0 Å². The monoisotopic (exact) mass is 457 g/mol. The maximum atomic E-state index is 5.37. The number of thioether (sulfide) groups is 1. The maximum absolute atomic E-state index is 5.37. The highest BCUT2D eigenvalue weighted by atomic mass is 32.2. The average molecular weight is 458 g/mol. The maximum Gasteiger partial charge on any atom is 0.191 e. The number of aliphatic imine (C=N–C) groups is 1. The molecule has 6 nitrogen and oxygen atoms in total. The minimum Gasteiger partial charge on any atom is -0.497 e. The lowest BCUT2D eigenvalue weighted by Gasteiger charge is -2.10. The Morgan fingerprint density at radius 1 is 1.12 bits per heavy atom. The number of hydrogen-bond acceptors (Lipinski definition) is 5. The zero-order valence-electron chi connectivity index (χ0n) is 18.7. The largest absolute Gasteiger partial charge is 0.497 e. The summed E-state index contributed by atoms with van der Waals surface area (Å²) in [6.45, 7) is 0.873. The molecular weight excluding hydrogens is 430 g/mol. The van der Waals surface area contributed by atoms with Gasteiger partial charge in [-0.05, 0) is 42.2 Å². The second kappa shape index (κ2) is 10.1. The lowest BCUT2D eigenvalue weighted by atomic mass is 10.1. The summed E-state index contributed by atoms with van der Waals surface area (Å²) >= 11 is 1.72. The van der Waals surface area contributed by atoms with Crippen LogP contribution in [-0.2, 0) is 18.7 Å². The number of aromatic nitrogens is 4. The number of nitrogens with one attached hydrogen (secondary N) is 1. The van der Waals surface area contributed by atoms with Crippen molar-refractivity contribution in [2.45, 2.75) is 43.1 Å². The molecule has 1 aliphatic heterocycles. The Balaban J connectivity index is 1.36. The van der Waals surface area contributed by atoms with Crippen molar-refractivity contribution in [3.8, 4) is 5.75 Å². The van der Waals surface area contributed by atoms with Gasteiger partial charge >= 0.3 is 0 Å². The fraction of sp³-hybridized carbons (Fsp3) is 0.269. The van der Waals surface area contributed by atoms with E-state index in [1.165, 1.54) is 22.2 Å². The predicted molar refractivity (Wildman–Crippen MR) is 134 cm³/mol. The number of benzene rings is 2. The molecule has 2 aromatic carbocycles. The minimum atomic E-state index is 0.748. The van der Waals surface area contributed by atoms with Crippen LogP contribution in [-0.4, -0.2) is 33.1 Å². The molecule has 0 spiro atoms. The molecule has 2 aromatic heterocycles. The van der Waals surface area contributed by atoms with Crippen LogP contribution < -0.4 is 4.74 Å². The van der Waals surface area contributed by atoms with Crippen molar-refractivity contribution in [2.24, 2.45) is 4.99 Å². The Hall–Kier alpha value is -3.32. The third-order valence-corrected chi connectivity index (χ3v) is 6.89. The Morgan fingerprint density at radius 2 is 2.06 bits per heavy atom. The molecule has 33 heavy (non-hydrogen) atoms. The Kier molecular flexibility index (Phi) is 6.58. The Labute approximate surface area is 197 Å². The van der Waals surface area contributed by atoms with Crippen LogP contribution in [0.15, 0.2) is 76.6 Å². The van der Waals surface area contributed by atoms with Gasteiger partial charge in [0.1, 0.15) is 11.6 Å². The molecule has 0 saturated heterocycles. The number of nitrogens with zero attached hydrogens (tertiary/aromatic N) is 4. The number of aromatic amines is 1. The van der Waals surface area contributed by atoms with Crippen molar-refractivity contribution in [1.29, 1.82) is 0 Å². The molecule has 0 atom stereocenters. The first-order valence-electron chi connectivity index (χ1n) is 11.2. The standard InChI is InChI=1S/C26H27N5OS/c1-32-22-10-4-7-19(15-22)18-33-26-30-29-25(31(26)14-6-9-21-8-5-13-27-21)16-20-17-28-24-12-3-2-11-23(20)24/h2-4,7-8,10-13,15,17,28H,5-6,9,14,16,18H2,1H3. The van der Waals surface area contributed by atoms with Gasteiger partial charge in [-0.3, -0.25) is 4.99 Å². The van der Waals surface area contributed by atoms with E-state index in [0.717, 1.165) is 60.2 Å². The number of methoxy groups -OCH3 is 1. The molecule has 5 rings (SSSR count). The highest BCUT2D eigenvalue weighted by molar-refractivity contribution is 7.98. The van der Waals surface area contributed by atoms with Crippen LogP contribution in [0.3, 0.4) is 0 Å². The van der Waals surface area contributed by atoms with E-state index in [-0.39, 0.29) is 0 Å². The van der Waals surface area contributed by atoms with Crippen LogP contribution in [0.5, 0.6) is 5.75 Å². The molecule has 0 fully saturated rings. The molecule has 0 aliphatic carbocycles. The first-order chi connectivity index (χ1) is 16.3. The topological polar surface area (TPSA) is 68.1 Å². The number of fused-ring (bicyclic) bond motifs is 1. The van der Waals surface area contributed by atoms with Crippen LogP contribution in [0.1, 0.15) is 36.2 Å². The van der Waals surface area contributed by atoms with E-state index in [2.05, 4.69) is 73.4 Å². The molecule has 0 amide bonds. The fourth-order valence-corrected chi connectivity index (χ4v) is 5.06. The summed E-state index contributed by atoms with van der Waals surface area (Å²) in [4.78, 5) is 7.84. The number of rotatable bonds is 10. The average Bonchev–Trinajstić information content (AvgIpc) is 3.60. The Bertz CT molecular complexity index is 1300. The second-order valence-electron chi connectivity index (χ2n) is 8.07. The molecule has 0 saturated carbocycles. The van der Waals surface area contributed by atoms with Crippen LogP contribution >= 0.6 is 11.8 Å². The number of ether oxygens (including phenoxy) is 1. The van der Waals surface area contributed by atoms with Crippen molar-refractivity contribution >= 4 is 28.9 Å². The van der Waals surface area contributed by atoms with E-state index >= 15 is 0 Å². The van der Waals surface area contributed by atoms with Crippen LogP contribution in [0.4, 0.5) is 0 Å². The molecule has 0 bridgehead atoms. The highest BCUT2D eigenvalue weighted by Crippen LogP contribution is 2.27. The van der Waals surface area contributed by atoms with Crippen molar-refractivity contribution in [3.63, 3.8) is 0 Å². The van der Waals surface area contributed by atoms with E-state index in [0.29, 0.717) is 0 Å². The molecule has 3 heterocycles. The first kappa shape index (κ1) is 21.5. The summed E-state index contributed by atoms with van der Waals surface area (Å²) in [5.74, 6) is 2.69. The van der Waals surface area contributed by atoms with Gasteiger partial charge in [0, 0.05) is 54.2 Å². The molecule has 168 valence electrons. The van der Waals surface area contributed by atoms with Gasteiger partial charge in [-0.15, -0.1) is 10.2 Å². The van der Waals surface area contributed by atoms with Crippen LogP contribution in [0, 0.1) is 0 Å². The van der Waals surface area contributed by atoms with E-state index in [1.54, 1.807) is 18.9 Å². The Morgan fingerprint density at radius 3 is 2.94 bits per heavy atom. The summed E-state index contributed by atoms with van der Waals surface area (Å²) in [5, 5.41) is 11.4. The van der Waals surface area contributed by atoms with Crippen LogP contribution in [0.25, 0.3) is 10.9 Å². The van der Waals surface area contributed by atoms with Crippen molar-refractivity contribution in [2.75, 3.05) is 7.11 Å². The summed E-state index contributed by atoms with van der Waals surface area (Å²) in [5.41, 5.74) is 4.79. The SMILES string of the molecule is COc1cccc(CSc2nnc(Cc3c[nH]c4ccccc34)n2CCCC2=CCC=N2)c1. The lowest BCUT2D eigenvalue weighted by Crippen LogP contribution is -2.06. The first-order valence-corrected chi connectivity index (χ1v) is 12.2. The predicted octanol–water partition coefficient (Wildman–Crippen LogP) is 5.79. The van der Waals surface area contributed by atoms with Crippen molar-refractivity contribution in [3.05, 3.63) is 83.5 Å². The van der Waals surface area contributed by atoms with Gasteiger partial charge in [0.15, 0.2) is 5.16 Å². The van der Waals surface area contributed by atoms with Crippen molar-refractivity contribution < 1.29 is 4.74 Å². The van der Waals surface area contributed by atoms with Crippen LogP contribution in [0.2, 0.25) is 0 Å². The fourth-order valence-electron chi connectivity index (χ4n) is 4.14. The van der Waals surface area contributed by atoms with Gasteiger partial charge in [0.25, 0.3) is 0 Å². The van der Waals surface area contributed by atoms with E-state index < -0.39 is 0 Å².